The minimum Gasteiger partial charge on any atom is -0.508 e. The van der Waals surface area contributed by atoms with Crippen LogP contribution in [0.4, 0.5) is 0 Å². The van der Waals surface area contributed by atoms with E-state index in [0.29, 0.717) is 5.56 Å². The highest BCUT2D eigenvalue weighted by Crippen LogP contribution is 2.39. The summed E-state index contributed by atoms with van der Waals surface area (Å²) in [6.45, 7) is 0. The zero-order valence-electron chi connectivity index (χ0n) is 15.3. The molecule has 2 amide bonds. The van der Waals surface area contributed by atoms with Crippen molar-refractivity contribution in [1.82, 2.24) is 10.4 Å². The number of methoxy groups -OCH3 is 2. The molecule has 150 valence electrons. The summed E-state index contributed by atoms with van der Waals surface area (Å²) in [4.78, 5) is 25.3. The van der Waals surface area contributed by atoms with Crippen molar-refractivity contribution in [2.24, 2.45) is 0 Å². The number of nitrogens with zero attached hydrogens (tertiary/aromatic N) is 1. The van der Waals surface area contributed by atoms with Crippen molar-refractivity contribution < 1.29 is 29.3 Å². The lowest BCUT2D eigenvalue weighted by Crippen LogP contribution is -2.44. The third kappa shape index (κ3) is 4.28. The van der Waals surface area contributed by atoms with E-state index in [-0.39, 0.29) is 37.8 Å². The van der Waals surface area contributed by atoms with Crippen LogP contribution in [-0.2, 0) is 4.79 Å². The normalized spacial score (nSPS) is 15.0. The van der Waals surface area contributed by atoms with Gasteiger partial charge < -0.3 is 19.7 Å². The van der Waals surface area contributed by atoms with Crippen LogP contribution in [0.2, 0.25) is 0 Å². The molecule has 1 aliphatic rings. The molecule has 29 heavy (non-hydrogen) atoms. The Morgan fingerprint density at radius 1 is 1.17 bits per heavy atom. The molecule has 10 heteroatoms. The van der Waals surface area contributed by atoms with Gasteiger partial charge in [-0.15, -0.1) is 0 Å². The number of phenols is 2. The lowest BCUT2D eigenvalue weighted by molar-refractivity contribution is -0.123. The SMILES string of the molecule is COc1cc(/C=C2\SC(=S)N(NC(=O)c3cccc(O)c3)C2=O)cc(OC)c1O. The Kier molecular flexibility index (Phi) is 5.95. The fourth-order valence-electron chi connectivity index (χ4n) is 2.53. The fraction of sp³-hybridized carbons (Fsp3) is 0.105. The maximum atomic E-state index is 12.7. The highest BCUT2D eigenvalue weighted by Gasteiger charge is 2.34. The maximum Gasteiger partial charge on any atom is 0.285 e. The average Bonchev–Trinajstić information content (AvgIpc) is 2.96. The van der Waals surface area contributed by atoms with Crippen molar-refractivity contribution in [2.45, 2.75) is 0 Å². The molecule has 2 aromatic carbocycles. The molecule has 0 saturated carbocycles. The number of nitrogens with one attached hydrogen (secondary N) is 1. The molecule has 2 aromatic rings. The average molecular weight is 432 g/mol. The Hall–Kier alpha value is -3.24. The molecule has 0 bridgehead atoms. The van der Waals surface area contributed by atoms with Crippen molar-refractivity contribution in [3.63, 3.8) is 0 Å². The van der Waals surface area contributed by atoms with E-state index < -0.39 is 11.8 Å². The Bertz CT molecular complexity index is 1010. The van der Waals surface area contributed by atoms with Crippen molar-refractivity contribution >= 4 is 46.2 Å². The zero-order chi connectivity index (χ0) is 21.1. The summed E-state index contributed by atoms with van der Waals surface area (Å²) in [7, 11) is 2.79. The first kappa shape index (κ1) is 20.5. The molecular formula is C19H16N2O6S2. The van der Waals surface area contributed by atoms with Crippen LogP contribution < -0.4 is 14.9 Å². The summed E-state index contributed by atoms with van der Waals surface area (Å²) in [5.41, 5.74) is 3.15. The number of thioether (sulfide) groups is 1. The van der Waals surface area contributed by atoms with Gasteiger partial charge >= 0.3 is 0 Å². The van der Waals surface area contributed by atoms with Gasteiger partial charge in [0.2, 0.25) is 5.75 Å². The number of benzene rings is 2. The number of ether oxygens (including phenoxy) is 2. The highest BCUT2D eigenvalue weighted by atomic mass is 32.2. The predicted molar refractivity (Wildman–Crippen MR) is 112 cm³/mol. The van der Waals surface area contributed by atoms with Gasteiger partial charge in [-0.2, -0.15) is 5.01 Å². The summed E-state index contributed by atoms with van der Waals surface area (Å²) in [6, 6.07) is 8.79. The van der Waals surface area contributed by atoms with Crippen LogP contribution in [0.25, 0.3) is 6.08 Å². The van der Waals surface area contributed by atoms with E-state index in [2.05, 4.69) is 5.43 Å². The highest BCUT2D eigenvalue weighted by molar-refractivity contribution is 8.26. The summed E-state index contributed by atoms with van der Waals surface area (Å²) in [5, 5.41) is 20.5. The minimum atomic E-state index is -0.591. The molecule has 1 saturated heterocycles. The maximum absolute atomic E-state index is 12.7. The number of carbonyl (C=O) groups excluding carboxylic acids is 2. The van der Waals surface area contributed by atoms with Crippen molar-refractivity contribution in [3.05, 3.63) is 52.4 Å². The molecule has 0 unspecified atom stereocenters. The number of aromatic hydroxyl groups is 2. The zero-order valence-corrected chi connectivity index (χ0v) is 17.0. The molecule has 1 aliphatic heterocycles. The second-order valence-electron chi connectivity index (χ2n) is 5.78. The summed E-state index contributed by atoms with van der Waals surface area (Å²) < 4.78 is 10.4. The molecule has 0 aliphatic carbocycles. The van der Waals surface area contributed by atoms with Crippen molar-refractivity contribution in [3.8, 4) is 23.0 Å². The number of amides is 2. The van der Waals surface area contributed by atoms with Gasteiger partial charge in [-0.05, 0) is 54.2 Å². The van der Waals surface area contributed by atoms with Gasteiger partial charge in [0.05, 0.1) is 19.1 Å². The van der Waals surface area contributed by atoms with Gasteiger partial charge in [0.25, 0.3) is 11.8 Å². The first-order valence-electron chi connectivity index (χ1n) is 8.17. The largest absolute Gasteiger partial charge is 0.508 e. The topological polar surface area (TPSA) is 108 Å². The van der Waals surface area contributed by atoms with Crippen LogP contribution in [0.5, 0.6) is 23.0 Å². The van der Waals surface area contributed by atoms with Crippen molar-refractivity contribution in [2.75, 3.05) is 14.2 Å². The molecule has 8 nitrogen and oxygen atoms in total. The van der Waals surface area contributed by atoms with E-state index in [0.717, 1.165) is 16.8 Å². The first-order chi connectivity index (χ1) is 13.8. The van der Waals surface area contributed by atoms with Gasteiger partial charge in [-0.1, -0.05) is 17.8 Å². The van der Waals surface area contributed by atoms with Crippen LogP contribution in [0.1, 0.15) is 15.9 Å². The van der Waals surface area contributed by atoms with Crippen molar-refractivity contribution in [1.29, 1.82) is 0 Å². The lowest BCUT2D eigenvalue weighted by Gasteiger charge is -2.15. The molecule has 3 N–H and O–H groups in total. The summed E-state index contributed by atoms with van der Waals surface area (Å²) in [5.74, 6) is -0.964. The molecule has 0 spiro atoms. The number of hydrazine groups is 1. The Labute approximate surface area is 175 Å². The Morgan fingerprint density at radius 3 is 2.41 bits per heavy atom. The Morgan fingerprint density at radius 2 is 1.83 bits per heavy atom. The first-order valence-corrected chi connectivity index (χ1v) is 9.39. The van der Waals surface area contributed by atoms with Crippen LogP contribution in [0, 0.1) is 0 Å². The Balaban J connectivity index is 1.84. The van der Waals surface area contributed by atoms with E-state index in [1.54, 1.807) is 6.08 Å². The van der Waals surface area contributed by atoms with Gasteiger partial charge in [0.1, 0.15) is 5.75 Å². The predicted octanol–water partition coefficient (Wildman–Crippen LogP) is 2.66. The molecule has 0 atom stereocenters. The molecule has 0 radical (unpaired) electrons. The third-order valence-corrected chi connectivity index (χ3v) is 5.22. The van der Waals surface area contributed by atoms with E-state index in [1.807, 2.05) is 0 Å². The molecular weight excluding hydrogens is 416 g/mol. The number of hydrogen-bond acceptors (Lipinski definition) is 8. The fourth-order valence-corrected chi connectivity index (χ4v) is 3.71. The van der Waals surface area contributed by atoms with E-state index in [1.165, 1.54) is 50.6 Å². The number of rotatable bonds is 5. The monoisotopic (exact) mass is 432 g/mol. The molecule has 3 rings (SSSR count). The van der Waals surface area contributed by atoms with Crippen LogP contribution >= 0.6 is 24.0 Å². The summed E-state index contributed by atoms with van der Waals surface area (Å²) in [6.07, 6.45) is 1.55. The van der Waals surface area contributed by atoms with E-state index in [4.69, 9.17) is 21.7 Å². The van der Waals surface area contributed by atoms with Crippen LogP contribution in [0.3, 0.4) is 0 Å². The van der Waals surface area contributed by atoms with E-state index >= 15 is 0 Å². The van der Waals surface area contributed by atoms with Crippen LogP contribution in [-0.4, -0.2) is 45.6 Å². The lowest BCUT2D eigenvalue weighted by atomic mass is 10.1. The third-order valence-electron chi connectivity index (χ3n) is 3.92. The number of carbonyl (C=O) groups is 2. The van der Waals surface area contributed by atoms with Gasteiger partial charge in [-0.3, -0.25) is 15.0 Å². The van der Waals surface area contributed by atoms with E-state index in [9.17, 15) is 19.8 Å². The number of phenolic OH excluding ortho intramolecular Hbond substituents is 2. The second kappa shape index (κ2) is 8.41. The number of thiocarbonyl (C=S) groups is 1. The van der Waals surface area contributed by atoms with Gasteiger partial charge in [-0.25, -0.2) is 0 Å². The summed E-state index contributed by atoms with van der Waals surface area (Å²) >= 11 is 6.21. The standard InChI is InChI=1S/C19H16N2O6S2/c1-26-13-6-10(7-14(27-2)16(13)23)8-15-18(25)21(19(28)29-15)20-17(24)11-4-3-5-12(22)9-11/h3-9,22-23H,1-2H3,(H,20,24)/b15-8-. The molecule has 0 aromatic heterocycles. The van der Waals surface area contributed by atoms with Gasteiger partial charge in [0.15, 0.2) is 15.8 Å². The van der Waals surface area contributed by atoms with Crippen LogP contribution in [0.15, 0.2) is 41.3 Å². The minimum absolute atomic E-state index is 0.0711. The smallest absolute Gasteiger partial charge is 0.285 e. The van der Waals surface area contributed by atoms with Gasteiger partial charge in [0, 0.05) is 5.56 Å². The second-order valence-corrected chi connectivity index (χ2v) is 7.46. The molecule has 1 fully saturated rings. The number of hydrogen-bond donors (Lipinski definition) is 3. The quantitative estimate of drug-likeness (QED) is 0.489. The molecule has 1 heterocycles.